The van der Waals surface area contributed by atoms with Crippen LogP contribution in [0.25, 0.3) is 6.08 Å². The highest BCUT2D eigenvalue weighted by molar-refractivity contribution is 8.19. The molecule has 186 valence electrons. The summed E-state index contributed by atoms with van der Waals surface area (Å²) >= 11 is 1.19. The maximum atomic E-state index is 13.5. The molecule has 7 nitrogen and oxygen atoms in total. The molecule has 1 fully saturated rings. The number of aryl methyl sites for hydroxylation is 2. The monoisotopic (exact) mass is 510 g/mol. The molecular formula is C29H26N4O3S. The Morgan fingerprint density at radius 1 is 1.00 bits per heavy atom. The SMILES string of the molecule is CCCCc1ccc(N2C(=O)C(=Cc3ccc(O)cc3)SC2=NN=C2C(=O)Nc3ccc(C)cc32)cc1. The number of amides is 2. The first-order valence-corrected chi connectivity index (χ1v) is 12.9. The van der Waals surface area contributed by atoms with Crippen LogP contribution in [0.5, 0.6) is 5.75 Å². The van der Waals surface area contributed by atoms with Crippen LogP contribution in [0, 0.1) is 6.92 Å². The molecule has 0 radical (unpaired) electrons. The lowest BCUT2D eigenvalue weighted by molar-refractivity contribution is -0.113. The van der Waals surface area contributed by atoms with Crippen molar-refractivity contribution in [1.82, 2.24) is 0 Å². The molecular weight excluding hydrogens is 484 g/mol. The number of rotatable bonds is 6. The molecule has 0 unspecified atom stereocenters. The van der Waals surface area contributed by atoms with E-state index in [-0.39, 0.29) is 23.3 Å². The zero-order chi connectivity index (χ0) is 25.9. The van der Waals surface area contributed by atoms with Gasteiger partial charge in [-0.2, -0.15) is 0 Å². The van der Waals surface area contributed by atoms with E-state index in [1.54, 1.807) is 30.3 Å². The summed E-state index contributed by atoms with van der Waals surface area (Å²) in [5.74, 6) is -0.405. The Kier molecular flexibility index (Phi) is 6.92. The molecule has 0 atom stereocenters. The molecule has 5 rings (SSSR count). The molecule has 1 saturated heterocycles. The second-order valence-corrected chi connectivity index (χ2v) is 9.96. The summed E-state index contributed by atoms with van der Waals surface area (Å²) in [6.45, 7) is 4.11. The normalized spacial score (nSPS) is 18.2. The van der Waals surface area contributed by atoms with Gasteiger partial charge in [-0.25, -0.2) is 0 Å². The first-order valence-electron chi connectivity index (χ1n) is 12.1. The number of hydrogen-bond acceptors (Lipinski definition) is 6. The number of phenolic OH excluding ortho intramolecular Hbond substituents is 1. The number of carbonyl (C=O) groups is 2. The molecule has 2 heterocycles. The number of unbranched alkanes of at least 4 members (excludes halogenated alkanes) is 1. The summed E-state index contributed by atoms with van der Waals surface area (Å²) in [5.41, 5.74) is 5.26. The highest BCUT2D eigenvalue weighted by Crippen LogP contribution is 2.36. The zero-order valence-electron chi connectivity index (χ0n) is 20.6. The van der Waals surface area contributed by atoms with Crippen molar-refractivity contribution in [3.63, 3.8) is 0 Å². The van der Waals surface area contributed by atoms with Crippen molar-refractivity contribution in [2.24, 2.45) is 10.2 Å². The Bertz CT molecular complexity index is 1460. The Balaban J connectivity index is 1.53. The maximum Gasteiger partial charge on any atom is 0.276 e. The Morgan fingerprint density at radius 2 is 1.76 bits per heavy atom. The van der Waals surface area contributed by atoms with Crippen molar-refractivity contribution >= 4 is 51.9 Å². The highest BCUT2D eigenvalue weighted by Gasteiger charge is 2.35. The lowest BCUT2D eigenvalue weighted by atomic mass is 10.1. The quantitative estimate of drug-likeness (QED) is 0.320. The topological polar surface area (TPSA) is 94.4 Å². The van der Waals surface area contributed by atoms with Gasteiger partial charge >= 0.3 is 0 Å². The standard InChI is InChI=1S/C29H26N4O3S/c1-3-4-5-19-7-11-21(12-8-19)33-28(36)25(17-20-9-13-22(34)14-10-20)37-29(33)32-31-26-23-16-18(2)6-15-24(23)30-27(26)35/h6-17,34H,3-5H2,1-2H3,(H,30,31,35). The number of amidine groups is 1. The van der Waals surface area contributed by atoms with Crippen LogP contribution in [0.3, 0.4) is 0 Å². The first kappa shape index (κ1) is 24.5. The van der Waals surface area contributed by atoms with Crippen molar-refractivity contribution in [2.45, 2.75) is 33.1 Å². The number of fused-ring (bicyclic) bond motifs is 1. The van der Waals surface area contributed by atoms with E-state index in [0.717, 1.165) is 30.4 Å². The largest absolute Gasteiger partial charge is 0.508 e. The molecule has 2 amide bonds. The zero-order valence-corrected chi connectivity index (χ0v) is 21.4. The number of phenols is 1. The van der Waals surface area contributed by atoms with Crippen LogP contribution in [0.4, 0.5) is 11.4 Å². The number of aromatic hydroxyl groups is 1. The van der Waals surface area contributed by atoms with Crippen molar-refractivity contribution in [1.29, 1.82) is 0 Å². The summed E-state index contributed by atoms with van der Waals surface area (Å²) in [4.78, 5) is 28.1. The van der Waals surface area contributed by atoms with Crippen LogP contribution in [0.15, 0.2) is 81.8 Å². The Morgan fingerprint density at radius 3 is 2.49 bits per heavy atom. The molecule has 2 N–H and O–H groups in total. The average Bonchev–Trinajstić information content (AvgIpc) is 3.37. The number of nitrogens with zero attached hydrogens (tertiary/aromatic N) is 3. The van der Waals surface area contributed by atoms with Gasteiger partial charge < -0.3 is 10.4 Å². The second kappa shape index (κ2) is 10.4. The summed E-state index contributed by atoms with van der Waals surface area (Å²) < 4.78 is 0. The minimum Gasteiger partial charge on any atom is -0.508 e. The smallest absolute Gasteiger partial charge is 0.276 e. The van der Waals surface area contributed by atoms with Crippen LogP contribution >= 0.6 is 11.8 Å². The van der Waals surface area contributed by atoms with E-state index in [4.69, 9.17) is 0 Å². The lowest BCUT2D eigenvalue weighted by Crippen LogP contribution is -2.28. The van der Waals surface area contributed by atoms with Gasteiger partial charge in [-0.05, 0) is 85.1 Å². The maximum absolute atomic E-state index is 13.5. The van der Waals surface area contributed by atoms with E-state index in [0.29, 0.717) is 27.0 Å². The molecule has 2 aliphatic heterocycles. The van der Waals surface area contributed by atoms with Crippen molar-refractivity contribution in [3.05, 3.63) is 93.9 Å². The number of nitrogens with one attached hydrogen (secondary N) is 1. The summed E-state index contributed by atoms with van der Waals surface area (Å²) in [7, 11) is 0. The van der Waals surface area contributed by atoms with Gasteiger partial charge in [0, 0.05) is 5.56 Å². The van der Waals surface area contributed by atoms with Crippen LogP contribution in [0.1, 0.15) is 42.0 Å². The fourth-order valence-corrected chi connectivity index (χ4v) is 5.07. The average molecular weight is 511 g/mol. The summed E-state index contributed by atoms with van der Waals surface area (Å²) in [6.07, 6.45) is 4.95. The summed E-state index contributed by atoms with van der Waals surface area (Å²) in [6, 6.07) is 20.2. The molecule has 3 aromatic carbocycles. The first-order chi connectivity index (χ1) is 17.9. The van der Waals surface area contributed by atoms with Gasteiger partial charge in [0.05, 0.1) is 16.3 Å². The third-order valence-corrected chi connectivity index (χ3v) is 7.10. The van der Waals surface area contributed by atoms with E-state index in [1.807, 2.05) is 49.4 Å². The van der Waals surface area contributed by atoms with E-state index in [2.05, 4.69) is 22.4 Å². The van der Waals surface area contributed by atoms with E-state index < -0.39 is 0 Å². The van der Waals surface area contributed by atoms with Crippen LogP contribution in [-0.2, 0) is 16.0 Å². The van der Waals surface area contributed by atoms with Crippen LogP contribution in [0.2, 0.25) is 0 Å². The predicted molar refractivity (Wildman–Crippen MR) is 150 cm³/mol. The minimum atomic E-state index is -0.328. The molecule has 8 heteroatoms. The van der Waals surface area contributed by atoms with Crippen LogP contribution < -0.4 is 10.2 Å². The number of hydrogen-bond donors (Lipinski definition) is 2. The van der Waals surface area contributed by atoms with Crippen molar-refractivity contribution < 1.29 is 14.7 Å². The van der Waals surface area contributed by atoms with Gasteiger partial charge in [0.1, 0.15) is 5.75 Å². The van der Waals surface area contributed by atoms with E-state index in [9.17, 15) is 14.7 Å². The Hall–Kier alpha value is -4.17. The van der Waals surface area contributed by atoms with E-state index in [1.165, 1.54) is 22.2 Å². The minimum absolute atomic E-state index is 0.153. The van der Waals surface area contributed by atoms with Crippen molar-refractivity contribution in [3.8, 4) is 5.75 Å². The molecule has 2 aliphatic rings. The second-order valence-electron chi connectivity index (χ2n) is 8.95. The van der Waals surface area contributed by atoms with E-state index >= 15 is 0 Å². The fraction of sp³-hybridized carbons (Fsp3) is 0.172. The van der Waals surface area contributed by atoms with Crippen molar-refractivity contribution in [2.75, 3.05) is 10.2 Å². The molecule has 37 heavy (non-hydrogen) atoms. The summed E-state index contributed by atoms with van der Waals surface area (Å²) in [5, 5.41) is 21.5. The Labute approximate surface area is 219 Å². The molecule has 0 aliphatic carbocycles. The highest BCUT2D eigenvalue weighted by atomic mass is 32.2. The third-order valence-electron chi connectivity index (χ3n) is 6.14. The molecule has 0 bridgehead atoms. The molecule has 3 aromatic rings. The molecule has 0 aromatic heterocycles. The van der Waals surface area contributed by atoms with Crippen LogP contribution in [-0.4, -0.2) is 27.8 Å². The van der Waals surface area contributed by atoms with Gasteiger partial charge in [0.2, 0.25) is 5.17 Å². The van der Waals surface area contributed by atoms with Gasteiger partial charge in [-0.1, -0.05) is 49.2 Å². The number of carbonyl (C=O) groups excluding carboxylic acids is 2. The lowest BCUT2D eigenvalue weighted by Gasteiger charge is -2.15. The third kappa shape index (κ3) is 5.20. The number of thioether (sulfide) groups is 1. The number of benzene rings is 3. The van der Waals surface area contributed by atoms with Gasteiger partial charge in [0.15, 0.2) is 5.71 Å². The van der Waals surface area contributed by atoms with Gasteiger partial charge in [0.25, 0.3) is 11.8 Å². The molecule has 0 saturated carbocycles. The number of anilines is 2. The predicted octanol–water partition coefficient (Wildman–Crippen LogP) is 5.88. The molecule has 0 spiro atoms. The van der Waals surface area contributed by atoms with Gasteiger partial charge in [-0.3, -0.25) is 14.5 Å². The fourth-order valence-electron chi connectivity index (χ4n) is 4.14. The van der Waals surface area contributed by atoms with Gasteiger partial charge in [-0.15, -0.1) is 10.2 Å².